The molecule has 1 aromatic heterocycles. The second-order valence-corrected chi connectivity index (χ2v) is 9.88. The van der Waals surface area contributed by atoms with Gasteiger partial charge in [0.05, 0.1) is 23.9 Å². The molecule has 4 rings (SSSR count). The van der Waals surface area contributed by atoms with E-state index in [-0.39, 0.29) is 5.91 Å². The Labute approximate surface area is 203 Å². The number of rotatable bonds is 10. The van der Waals surface area contributed by atoms with Crippen LogP contribution in [0.3, 0.4) is 0 Å². The van der Waals surface area contributed by atoms with E-state index in [9.17, 15) is 4.79 Å². The van der Waals surface area contributed by atoms with Crippen LogP contribution in [0.15, 0.2) is 77.7 Å². The van der Waals surface area contributed by atoms with E-state index in [2.05, 4.69) is 49.4 Å². The van der Waals surface area contributed by atoms with Crippen molar-refractivity contribution in [3.8, 4) is 5.75 Å². The Kier molecular flexibility index (Phi) is 8.02. The van der Waals surface area contributed by atoms with Crippen molar-refractivity contribution in [2.75, 3.05) is 17.8 Å². The van der Waals surface area contributed by atoms with Gasteiger partial charge in [0, 0.05) is 11.3 Å². The highest BCUT2D eigenvalue weighted by Gasteiger charge is 2.20. The van der Waals surface area contributed by atoms with E-state index in [1.807, 2.05) is 35.2 Å². The molecule has 0 atom stereocenters. The lowest BCUT2D eigenvalue weighted by Gasteiger charge is -2.20. The van der Waals surface area contributed by atoms with Crippen molar-refractivity contribution in [3.05, 3.63) is 83.9 Å². The number of carbonyl (C=O) groups is 1. The van der Waals surface area contributed by atoms with Crippen LogP contribution < -0.4 is 9.64 Å². The van der Waals surface area contributed by atoms with Gasteiger partial charge in [0.2, 0.25) is 5.91 Å². The van der Waals surface area contributed by atoms with Crippen molar-refractivity contribution in [2.24, 2.45) is 0 Å². The zero-order valence-electron chi connectivity index (χ0n) is 19.0. The van der Waals surface area contributed by atoms with Crippen LogP contribution in [-0.2, 0) is 17.8 Å². The zero-order valence-corrected chi connectivity index (χ0v) is 20.6. The zero-order chi connectivity index (χ0) is 23.0. The van der Waals surface area contributed by atoms with Crippen LogP contribution in [0.2, 0.25) is 0 Å². The first-order valence-electron chi connectivity index (χ1n) is 11.2. The fraction of sp³-hybridized carbons (Fsp3) is 0.259. The fourth-order valence-corrected chi connectivity index (χ4v) is 5.53. The summed E-state index contributed by atoms with van der Waals surface area (Å²) < 4.78 is 6.35. The molecule has 0 saturated carbocycles. The summed E-state index contributed by atoms with van der Waals surface area (Å²) in [6.07, 6.45) is 2.23. The lowest BCUT2D eigenvalue weighted by molar-refractivity contribution is -0.118. The lowest BCUT2D eigenvalue weighted by atomic mass is 10.1. The van der Waals surface area contributed by atoms with Crippen LogP contribution >= 0.6 is 23.1 Å². The molecule has 33 heavy (non-hydrogen) atoms. The summed E-state index contributed by atoms with van der Waals surface area (Å²) in [6, 6.07) is 24.5. The number of benzene rings is 3. The maximum absolute atomic E-state index is 13.3. The van der Waals surface area contributed by atoms with E-state index in [0.29, 0.717) is 13.0 Å². The van der Waals surface area contributed by atoms with Crippen molar-refractivity contribution in [3.63, 3.8) is 0 Å². The number of thiazole rings is 1. The fourth-order valence-electron chi connectivity index (χ4n) is 3.64. The third-order valence-corrected chi connectivity index (χ3v) is 7.59. The van der Waals surface area contributed by atoms with Crippen LogP contribution in [0.4, 0.5) is 5.13 Å². The lowest BCUT2D eigenvalue weighted by Crippen LogP contribution is -2.30. The van der Waals surface area contributed by atoms with Gasteiger partial charge in [-0.3, -0.25) is 9.69 Å². The second-order valence-electron chi connectivity index (χ2n) is 7.71. The van der Waals surface area contributed by atoms with Gasteiger partial charge in [-0.25, -0.2) is 4.98 Å². The van der Waals surface area contributed by atoms with Crippen LogP contribution in [0.25, 0.3) is 10.2 Å². The van der Waals surface area contributed by atoms with Gasteiger partial charge in [0.15, 0.2) is 5.13 Å². The smallest absolute Gasteiger partial charge is 0.229 e. The van der Waals surface area contributed by atoms with E-state index in [4.69, 9.17) is 9.72 Å². The molecule has 0 aliphatic heterocycles. The molecule has 0 aliphatic rings. The normalized spacial score (nSPS) is 11.0. The first-order chi connectivity index (χ1) is 16.2. The van der Waals surface area contributed by atoms with Crippen LogP contribution in [0.5, 0.6) is 5.75 Å². The number of methoxy groups -OCH3 is 1. The number of ether oxygens (including phenoxy) is 1. The van der Waals surface area contributed by atoms with Crippen molar-refractivity contribution >= 4 is 44.4 Å². The third kappa shape index (κ3) is 5.95. The minimum absolute atomic E-state index is 0.117. The van der Waals surface area contributed by atoms with Crippen molar-refractivity contribution in [1.82, 2.24) is 4.98 Å². The van der Waals surface area contributed by atoms with Crippen molar-refractivity contribution < 1.29 is 9.53 Å². The third-order valence-electron chi connectivity index (χ3n) is 5.45. The summed E-state index contributed by atoms with van der Waals surface area (Å²) >= 11 is 3.36. The van der Waals surface area contributed by atoms with Crippen LogP contribution in [-0.4, -0.2) is 23.8 Å². The van der Waals surface area contributed by atoms with Crippen LogP contribution in [0.1, 0.15) is 30.9 Å². The first kappa shape index (κ1) is 23.3. The van der Waals surface area contributed by atoms with E-state index >= 15 is 0 Å². The molecule has 3 aromatic carbocycles. The number of para-hydroxylation sites is 1. The standard InChI is InChI=1S/C27H28N2O2S2/c1-3-21-11-7-12-24-26(21)28-27(33-24)29(19-20-9-5-4-6-10-20)25(30)13-8-18-32-23-16-14-22(31-2)15-17-23/h4-7,9-12,14-17H,3,8,13,18-19H2,1-2H3. The summed E-state index contributed by atoms with van der Waals surface area (Å²) in [4.78, 5) is 21.3. The van der Waals surface area contributed by atoms with Crippen molar-refractivity contribution in [1.29, 1.82) is 0 Å². The summed E-state index contributed by atoms with van der Waals surface area (Å²) in [5.74, 6) is 1.86. The molecule has 0 aliphatic carbocycles. The largest absolute Gasteiger partial charge is 0.497 e. The highest BCUT2D eigenvalue weighted by molar-refractivity contribution is 7.99. The first-order valence-corrected chi connectivity index (χ1v) is 13.0. The molecule has 0 bridgehead atoms. The van der Waals surface area contributed by atoms with Gasteiger partial charge < -0.3 is 4.74 Å². The minimum atomic E-state index is 0.117. The molecule has 0 unspecified atom stereocenters. The van der Waals surface area contributed by atoms with Gasteiger partial charge in [-0.05, 0) is 60.1 Å². The van der Waals surface area contributed by atoms with Crippen LogP contribution in [0, 0.1) is 0 Å². The highest BCUT2D eigenvalue weighted by Crippen LogP contribution is 2.32. The Balaban J connectivity index is 1.46. The monoisotopic (exact) mass is 476 g/mol. The van der Waals surface area contributed by atoms with Gasteiger partial charge in [-0.1, -0.05) is 60.7 Å². The SMILES string of the molecule is CCc1cccc2sc(N(Cc3ccccc3)C(=O)CCCSc3ccc(OC)cc3)nc12. The predicted molar refractivity (Wildman–Crippen MR) is 140 cm³/mol. The average Bonchev–Trinajstić information content (AvgIpc) is 3.30. The molecule has 0 spiro atoms. The molecule has 4 nitrogen and oxygen atoms in total. The molecule has 0 saturated heterocycles. The Morgan fingerprint density at radius 2 is 1.82 bits per heavy atom. The molecule has 1 amide bonds. The number of amides is 1. The number of fused-ring (bicyclic) bond motifs is 1. The number of thioether (sulfide) groups is 1. The number of hydrogen-bond acceptors (Lipinski definition) is 5. The summed E-state index contributed by atoms with van der Waals surface area (Å²) in [5, 5.41) is 0.780. The molecule has 0 radical (unpaired) electrons. The van der Waals surface area contributed by atoms with Crippen molar-refractivity contribution in [2.45, 2.75) is 37.6 Å². The van der Waals surface area contributed by atoms with Gasteiger partial charge in [0.1, 0.15) is 5.75 Å². The molecular weight excluding hydrogens is 448 g/mol. The Morgan fingerprint density at radius 1 is 1.03 bits per heavy atom. The van der Waals surface area contributed by atoms with E-state index in [0.717, 1.165) is 45.3 Å². The maximum Gasteiger partial charge on any atom is 0.229 e. The number of carbonyl (C=O) groups excluding carboxylic acids is 1. The molecule has 170 valence electrons. The highest BCUT2D eigenvalue weighted by atomic mass is 32.2. The second kappa shape index (κ2) is 11.3. The number of anilines is 1. The molecular formula is C27H28N2O2S2. The van der Waals surface area contributed by atoms with Gasteiger partial charge in [-0.15, -0.1) is 11.8 Å². The quantitative estimate of drug-likeness (QED) is 0.183. The molecule has 0 N–H and O–H groups in total. The number of nitrogens with zero attached hydrogens (tertiary/aromatic N) is 2. The molecule has 0 fully saturated rings. The van der Waals surface area contributed by atoms with E-state index in [1.165, 1.54) is 10.5 Å². The van der Waals surface area contributed by atoms with E-state index < -0.39 is 0 Å². The maximum atomic E-state index is 13.3. The molecule has 1 heterocycles. The topological polar surface area (TPSA) is 42.4 Å². The summed E-state index contributed by atoms with van der Waals surface area (Å²) in [7, 11) is 1.67. The van der Waals surface area contributed by atoms with Gasteiger partial charge >= 0.3 is 0 Å². The van der Waals surface area contributed by atoms with Gasteiger partial charge in [-0.2, -0.15) is 0 Å². The average molecular weight is 477 g/mol. The summed E-state index contributed by atoms with van der Waals surface area (Å²) in [6.45, 7) is 2.67. The number of hydrogen-bond donors (Lipinski definition) is 0. The summed E-state index contributed by atoms with van der Waals surface area (Å²) in [5.41, 5.74) is 3.34. The minimum Gasteiger partial charge on any atom is -0.497 e. The molecule has 4 aromatic rings. The Morgan fingerprint density at radius 3 is 2.55 bits per heavy atom. The molecule has 6 heteroatoms. The van der Waals surface area contributed by atoms with Gasteiger partial charge in [0.25, 0.3) is 0 Å². The Hall–Kier alpha value is -2.83. The number of aryl methyl sites for hydroxylation is 1. The van der Waals surface area contributed by atoms with E-state index in [1.54, 1.807) is 30.2 Å². The number of aromatic nitrogens is 1. The predicted octanol–water partition coefficient (Wildman–Crippen LogP) is 6.97. The Bertz CT molecular complexity index is 1190.